The quantitative estimate of drug-likeness (QED) is 0.824. The van der Waals surface area contributed by atoms with Crippen molar-refractivity contribution >= 4 is 16.9 Å². The first-order chi connectivity index (χ1) is 8.17. The molecule has 1 aromatic heterocycles. The van der Waals surface area contributed by atoms with Crippen LogP contribution < -0.4 is 0 Å². The van der Waals surface area contributed by atoms with Crippen molar-refractivity contribution in [3.63, 3.8) is 0 Å². The topological polar surface area (TPSA) is 42.1 Å². The fraction of sp³-hybridized carbons (Fsp3) is 0.357. The van der Waals surface area contributed by atoms with Gasteiger partial charge in [-0.05, 0) is 36.6 Å². The number of H-pyrrole nitrogens is 1. The Hall–Kier alpha value is -1.77. The number of hydrogen-bond donors (Lipinski definition) is 1. The molecule has 0 bridgehead atoms. The predicted molar refractivity (Wildman–Crippen MR) is 68.1 cm³/mol. The van der Waals surface area contributed by atoms with Crippen molar-refractivity contribution in [3.05, 3.63) is 35.5 Å². The Bertz CT molecular complexity index is 542. The number of rotatable bonds is 3. The summed E-state index contributed by atoms with van der Waals surface area (Å²) in [7, 11) is 1.44. The normalized spacial score (nSPS) is 12.6. The van der Waals surface area contributed by atoms with Gasteiger partial charge in [0.15, 0.2) is 0 Å². The number of esters is 1. The minimum absolute atomic E-state index is 0.167. The van der Waals surface area contributed by atoms with Crippen molar-refractivity contribution in [1.82, 2.24) is 4.98 Å². The van der Waals surface area contributed by atoms with Crippen molar-refractivity contribution in [1.29, 1.82) is 0 Å². The molecule has 17 heavy (non-hydrogen) atoms. The van der Waals surface area contributed by atoms with E-state index in [-0.39, 0.29) is 11.9 Å². The lowest BCUT2D eigenvalue weighted by molar-refractivity contribution is -0.142. The predicted octanol–water partition coefficient (Wildman–Crippen LogP) is 3.14. The highest BCUT2D eigenvalue weighted by molar-refractivity contribution is 5.86. The third-order valence-electron chi connectivity index (χ3n) is 3.21. The monoisotopic (exact) mass is 231 g/mol. The van der Waals surface area contributed by atoms with Crippen LogP contribution in [-0.4, -0.2) is 18.1 Å². The minimum Gasteiger partial charge on any atom is -0.469 e. The summed E-state index contributed by atoms with van der Waals surface area (Å²) in [6.07, 6.45) is 2.73. The first kappa shape index (κ1) is 11.7. The maximum atomic E-state index is 11.7. The summed E-state index contributed by atoms with van der Waals surface area (Å²) in [5.74, 6) is -0.335. The number of ether oxygens (including phenoxy) is 1. The number of methoxy groups -OCH3 is 1. The van der Waals surface area contributed by atoms with Crippen LogP contribution in [-0.2, 0) is 9.53 Å². The molecule has 1 N–H and O–H groups in total. The van der Waals surface area contributed by atoms with Crippen LogP contribution in [0.25, 0.3) is 10.9 Å². The van der Waals surface area contributed by atoms with Gasteiger partial charge in [0.2, 0.25) is 0 Å². The van der Waals surface area contributed by atoms with E-state index in [1.54, 1.807) is 0 Å². The van der Waals surface area contributed by atoms with E-state index in [9.17, 15) is 4.79 Å². The molecule has 2 rings (SSSR count). The molecule has 0 aliphatic rings. The largest absolute Gasteiger partial charge is 0.469 e. The fourth-order valence-corrected chi connectivity index (χ4v) is 2.18. The second-order valence-corrected chi connectivity index (χ2v) is 4.26. The van der Waals surface area contributed by atoms with E-state index in [0.717, 1.165) is 17.5 Å². The van der Waals surface area contributed by atoms with E-state index < -0.39 is 0 Å². The van der Waals surface area contributed by atoms with Crippen molar-refractivity contribution in [3.8, 4) is 0 Å². The summed E-state index contributed by atoms with van der Waals surface area (Å²) in [5.41, 5.74) is 3.32. The molecule has 0 radical (unpaired) electrons. The van der Waals surface area contributed by atoms with Gasteiger partial charge in [-0.15, -0.1) is 0 Å². The van der Waals surface area contributed by atoms with Gasteiger partial charge in [-0.1, -0.05) is 13.0 Å². The number of benzene rings is 1. The number of aromatic nitrogens is 1. The molecule has 3 heteroatoms. The second kappa shape index (κ2) is 4.62. The number of aromatic amines is 1. The smallest absolute Gasteiger partial charge is 0.313 e. The second-order valence-electron chi connectivity index (χ2n) is 4.26. The molecule has 0 spiro atoms. The number of fused-ring (bicyclic) bond motifs is 1. The Labute approximate surface area is 101 Å². The molecule has 3 nitrogen and oxygen atoms in total. The molecular weight excluding hydrogens is 214 g/mol. The van der Waals surface area contributed by atoms with Gasteiger partial charge in [-0.3, -0.25) is 4.79 Å². The lowest BCUT2D eigenvalue weighted by atomic mass is 9.95. The molecule has 0 saturated carbocycles. The van der Waals surface area contributed by atoms with Crippen LogP contribution in [0, 0.1) is 6.92 Å². The van der Waals surface area contributed by atoms with E-state index in [1.807, 2.05) is 25.3 Å². The van der Waals surface area contributed by atoms with Gasteiger partial charge in [-0.25, -0.2) is 0 Å². The van der Waals surface area contributed by atoms with Gasteiger partial charge in [0, 0.05) is 17.1 Å². The molecular formula is C14H17NO2. The molecule has 1 heterocycles. The summed E-state index contributed by atoms with van der Waals surface area (Å²) in [6.45, 7) is 4.05. The first-order valence-electron chi connectivity index (χ1n) is 5.82. The average Bonchev–Trinajstić information content (AvgIpc) is 2.72. The van der Waals surface area contributed by atoms with Crippen LogP contribution in [0.15, 0.2) is 24.4 Å². The zero-order valence-corrected chi connectivity index (χ0v) is 10.4. The Kier molecular flexibility index (Phi) is 3.18. The fourth-order valence-electron chi connectivity index (χ4n) is 2.18. The Morgan fingerprint density at radius 3 is 2.88 bits per heavy atom. The van der Waals surface area contributed by atoms with Gasteiger partial charge in [0.25, 0.3) is 0 Å². The molecule has 0 saturated heterocycles. The van der Waals surface area contributed by atoms with Crippen LogP contribution in [0.1, 0.15) is 30.4 Å². The summed E-state index contributed by atoms with van der Waals surface area (Å²) in [6, 6.07) is 6.08. The highest BCUT2D eigenvalue weighted by Gasteiger charge is 2.19. The van der Waals surface area contributed by atoms with Crippen LogP contribution >= 0.6 is 0 Å². The van der Waals surface area contributed by atoms with E-state index in [2.05, 4.69) is 18.0 Å². The van der Waals surface area contributed by atoms with E-state index in [4.69, 9.17) is 4.74 Å². The standard InChI is InChI=1S/C14H17NO2/c1-4-11(14(16)17-3)10-5-6-13-12(7-10)9(2)8-15-13/h5-8,11,15H,4H2,1-3H3. The van der Waals surface area contributed by atoms with Gasteiger partial charge in [0.05, 0.1) is 13.0 Å². The lowest BCUT2D eigenvalue weighted by Gasteiger charge is -2.12. The Morgan fingerprint density at radius 2 is 2.24 bits per heavy atom. The van der Waals surface area contributed by atoms with Crippen LogP contribution in [0.2, 0.25) is 0 Å². The zero-order chi connectivity index (χ0) is 12.4. The lowest BCUT2D eigenvalue weighted by Crippen LogP contribution is -2.13. The molecule has 1 aromatic carbocycles. The number of aryl methyl sites for hydroxylation is 1. The van der Waals surface area contributed by atoms with Gasteiger partial charge < -0.3 is 9.72 Å². The molecule has 0 aliphatic carbocycles. The third-order valence-corrected chi connectivity index (χ3v) is 3.21. The molecule has 0 amide bonds. The Morgan fingerprint density at radius 1 is 1.47 bits per heavy atom. The third kappa shape index (κ3) is 2.05. The molecule has 1 unspecified atom stereocenters. The number of nitrogens with one attached hydrogen (secondary N) is 1. The SMILES string of the molecule is CCC(C(=O)OC)c1ccc2[nH]cc(C)c2c1. The number of carbonyl (C=O) groups excluding carboxylic acids is 1. The highest BCUT2D eigenvalue weighted by atomic mass is 16.5. The van der Waals surface area contributed by atoms with Gasteiger partial charge in [-0.2, -0.15) is 0 Å². The first-order valence-corrected chi connectivity index (χ1v) is 5.82. The zero-order valence-electron chi connectivity index (χ0n) is 10.4. The van der Waals surface area contributed by atoms with Crippen LogP contribution in [0.3, 0.4) is 0 Å². The van der Waals surface area contributed by atoms with Crippen molar-refractivity contribution in [2.75, 3.05) is 7.11 Å². The maximum absolute atomic E-state index is 11.7. The van der Waals surface area contributed by atoms with Crippen molar-refractivity contribution < 1.29 is 9.53 Å². The van der Waals surface area contributed by atoms with E-state index >= 15 is 0 Å². The van der Waals surface area contributed by atoms with E-state index in [1.165, 1.54) is 18.1 Å². The van der Waals surface area contributed by atoms with Gasteiger partial charge >= 0.3 is 5.97 Å². The molecule has 0 fully saturated rings. The highest BCUT2D eigenvalue weighted by Crippen LogP contribution is 2.26. The number of carbonyl (C=O) groups is 1. The molecule has 2 aromatic rings. The molecule has 90 valence electrons. The minimum atomic E-state index is -0.168. The summed E-state index contributed by atoms with van der Waals surface area (Å²) >= 11 is 0. The van der Waals surface area contributed by atoms with Crippen LogP contribution in [0.5, 0.6) is 0 Å². The Balaban J connectivity index is 2.46. The molecule has 1 atom stereocenters. The number of hydrogen-bond acceptors (Lipinski definition) is 2. The van der Waals surface area contributed by atoms with Crippen LogP contribution in [0.4, 0.5) is 0 Å². The van der Waals surface area contributed by atoms with Crippen molar-refractivity contribution in [2.45, 2.75) is 26.2 Å². The molecule has 0 aliphatic heterocycles. The van der Waals surface area contributed by atoms with E-state index in [0.29, 0.717) is 0 Å². The summed E-state index contributed by atoms with van der Waals surface area (Å²) < 4.78 is 4.83. The van der Waals surface area contributed by atoms with Gasteiger partial charge in [0.1, 0.15) is 0 Å². The maximum Gasteiger partial charge on any atom is 0.313 e. The average molecular weight is 231 g/mol. The summed E-state index contributed by atoms with van der Waals surface area (Å²) in [4.78, 5) is 14.9. The summed E-state index contributed by atoms with van der Waals surface area (Å²) in [5, 5.41) is 1.17. The van der Waals surface area contributed by atoms with Crippen molar-refractivity contribution in [2.24, 2.45) is 0 Å².